The van der Waals surface area contributed by atoms with Gasteiger partial charge in [0.15, 0.2) is 0 Å². The predicted molar refractivity (Wildman–Crippen MR) is 87.5 cm³/mol. The molecule has 6 nitrogen and oxygen atoms in total. The van der Waals surface area contributed by atoms with Crippen molar-refractivity contribution in [3.63, 3.8) is 0 Å². The lowest BCUT2D eigenvalue weighted by molar-refractivity contribution is 0.102. The number of amides is 1. The molecule has 2 aromatic heterocycles. The minimum atomic E-state index is -0.269. The van der Waals surface area contributed by atoms with Gasteiger partial charge in [-0.3, -0.25) is 14.9 Å². The van der Waals surface area contributed by atoms with Gasteiger partial charge in [-0.2, -0.15) is 5.10 Å². The Labute approximate surface area is 133 Å². The topological polar surface area (TPSA) is 79.9 Å². The van der Waals surface area contributed by atoms with Gasteiger partial charge in [0, 0.05) is 11.8 Å². The lowest BCUT2D eigenvalue weighted by Crippen LogP contribution is -2.13. The van der Waals surface area contributed by atoms with Crippen molar-refractivity contribution in [3.8, 4) is 17.0 Å². The summed E-state index contributed by atoms with van der Waals surface area (Å²) in [6.07, 6.45) is 1.68. The zero-order valence-electron chi connectivity index (χ0n) is 12.8. The highest BCUT2D eigenvalue weighted by Gasteiger charge is 2.14. The van der Waals surface area contributed by atoms with Crippen LogP contribution in [-0.2, 0) is 0 Å². The Kier molecular flexibility index (Phi) is 4.05. The molecule has 3 aromatic rings. The maximum Gasteiger partial charge on any atom is 0.273 e. The van der Waals surface area contributed by atoms with E-state index in [1.165, 1.54) is 0 Å². The molecule has 23 heavy (non-hydrogen) atoms. The number of rotatable bonds is 4. The van der Waals surface area contributed by atoms with Gasteiger partial charge < -0.3 is 10.1 Å². The van der Waals surface area contributed by atoms with Crippen LogP contribution >= 0.6 is 0 Å². The van der Waals surface area contributed by atoms with E-state index in [0.29, 0.717) is 22.8 Å². The van der Waals surface area contributed by atoms with Crippen LogP contribution in [0.1, 0.15) is 16.2 Å². The van der Waals surface area contributed by atoms with Crippen molar-refractivity contribution in [2.45, 2.75) is 6.92 Å². The first-order valence-electron chi connectivity index (χ1n) is 7.11. The highest BCUT2D eigenvalue weighted by Crippen LogP contribution is 2.28. The number of para-hydroxylation sites is 1. The molecule has 0 fully saturated rings. The zero-order valence-corrected chi connectivity index (χ0v) is 12.8. The maximum atomic E-state index is 12.3. The van der Waals surface area contributed by atoms with E-state index < -0.39 is 0 Å². The average molecular weight is 308 g/mol. The Balaban J connectivity index is 1.84. The van der Waals surface area contributed by atoms with E-state index in [-0.39, 0.29) is 5.91 Å². The number of hydrogen-bond donors (Lipinski definition) is 2. The Bertz CT molecular complexity index is 842. The van der Waals surface area contributed by atoms with Crippen molar-refractivity contribution in [1.82, 2.24) is 15.2 Å². The first kappa shape index (κ1) is 14.8. The minimum absolute atomic E-state index is 0.269. The second kappa shape index (κ2) is 6.31. The van der Waals surface area contributed by atoms with E-state index in [1.54, 1.807) is 31.5 Å². The number of ether oxygens (including phenoxy) is 1. The number of pyridine rings is 1. The van der Waals surface area contributed by atoms with Gasteiger partial charge in [-0.05, 0) is 37.3 Å². The fraction of sp³-hybridized carbons (Fsp3) is 0.118. The third kappa shape index (κ3) is 3.06. The number of aryl methyl sites for hydroxylation is 1. The number of aromatic amines is 1. The summed E-state index contributed by atoms with van der Waals surface area (Å²) < 4.78 is 5.32. The predicted octanol–water partition coefficient (Wildman–Crippen LogP) is 3.04. The highest BCUT2D eigenvalue weighted by atomic mass is 16.5. The van der Waals surface area contributed by atoms with Gasteiger partial charge in [0.05, 0.1) is 24.2 Å². The van der Waals surface area contributed by atoms with Crippen LogP contribution in [0.25, 0.3) is 11.3 Å². The number of anilines is 1. The van der Waals surface area contributed by atoms with Crippen molar-refractivity contribution < 1.29 is 9.53 Å². The molecular weight excluding hydrogens is 292 g/mol. The molecule has 0 bridgehead atoms. The van der Waals surface area contributed by atoms with Crippen LogP contribution in [0.4, 0.5) is 5.69 Å². The van der Waals surface area contributed by atoms with Gasteiger partial charge in [-0.1, -0.05) is 12.1 Å². The Morgan fingerprint density at radius 3 is 2.83 bits per heavy atom. The monoisotopic (exact) mass is 308 g/mol. The second-order valence-corrected chi connectivity index (χ2v) is 4.96. The summed E-state index contributed by atoms with van der Waals surface area (Å²) in [6.45, 7) is 1.84. The molecule has 0 unspecified atom stereocenters. The van der Waals surface area contributed by atoms with Gasteiger partial charge in [0.1, 0.15) is 11.4 Å². The summed E-state index contributed by atoms with van der Waals surface area (Å²) in [5.41, 5.74) is 3.27. The highest BCUT2D eigenvalue weighted by molar-refractivity contribution is 6.03. The van der Waals surface area contributed by atoms with Crippen LogP contribution in [-0.4, -0.2) is 28.2 Å². The van der Waals surface area contributed by atoms with E-state index in [2.05, 4.69) is 20.5 Å². The van der Waals surface area contributed by atoms with Gasteiger partial charge in [-0.15, -0.1) is 0 Å². The molecule has 6 heteroatoms. The number of carbonyl (C=O) groups is 1. The number of benzene rings is 1. The normalized spacial score (nSPS) is 10.3. The average Bonchev–Trinajstić information content (AvgIpc) is 3.07. The molecule has 3 rings (SSSR count). The van der Waals surface area contributed by atoms with Crippen LogP contribution in [0.2, 0.25) is 0 Å². The summed E-state index contributed by atoms with van der Waals surface area (Å²) in [4.78, 5) is 16.5. The number of methoxy groups -OCH3 is 1. The molecule has 0 aliphatic rings. The van der Waals surface area contributed by atoms with Crippen LogP contribution in [0.15, 0.2) is 48.7 Å². The number of hydrogen-bond acceptors (Lipinski definition) is 4. The number of H-pyrrole nitrogens is 1. The molecule has 0 spiro atoms. The van der Waals surface area contributed by atoms with Gasteiger partial charge in [0.25, 0.3) is 5.91 Å². The van der Waals surface area contributed by atoms with Crippen molar-refractivity contribution in [2.24, 2.45) is 0 Å². The SMILES string of the molecule is COc1ccccc1-c1cc(C(=O)Nc2cccnc2C)[nH]n1. The Morgan fingerprint density at radius 2 is 2.04 bits per heavy atom. The van der Waals surface area contributed by atoms with Crippen LogP contribution in [0.5, 0.6) is 5.75 Å². The number of nitrogens with one attached hydrogen (secondary N) is 2. The summed E-state index contributed by atoms with van der Waals surface area (Å²) in [6, 6.07) is 12.8. The summed E-state index contributed by atoms with van der Waals surface area (Å²) in [5, 5.41) is 9.77. The van der Waals surface area contributed by atoms with Gasteiger partial charge in [-0.25, -0.2) is 0 Å². The molecule has 2 heterocycles. The molecule has 116 valence electrons. The first-order chi connectivity index (χ1) is 11.2. The fourth-order valence-electron chi connectivity index (χ4n) is 2.24. The maximum absolute atomic E-state index is 12.3. The lowest BCUT2D eigenvalue weighted by atomic mass is 10.1. The number of carbonyl (C=O) groups excluding carboxylic acids is 1. The molecule has 1 amide bonds. The molecule has 0 aliphatic carbocycles. The molecule has 0 atom stereocenters. The van der Waals surface area contributed by atoms with Crippen LogP contribution in [0, 0.1) is 6.92 Å². The summed E-state index contributed by atoms with van der Waals surface area (Å²) >= 11 is 0. The van der Waals surface area contributed by atoms with Crippen molar-refractivity contribution in [2.75, 3.05) is 12.4 Å². The Hall–Kier alpha value is -3.15. The standard InChI is InChI=1S/C17H16N4O2/c1-11-13(7-5-9-18-11)19-17(22)15-10-14(20-21-15)12-6-3-4-8-16(12)23-2/h3-10H,1-2H3,(H,19,22)(H,20,21). The molecule has 0 saturated carbocycles. The van der Waals surface area contributed by atoms with E-state index in [1.807, 2.05) is 31.2 Å². The molecule has 0 saturated heterocycles. The fourth-order valence-corrected chi connectivity index (χ4v) is 2.24. The molecule has 2 N–H and O–H groups in total. The van der Waals surface area contributed by atoms with Gasteiger partial charge in [0.2, 0.25) is 0 Å². The van der Waals surface area contributed by atoms with Crippen LogP contribution in [0.3, 0.4) is 0 Å². The van der Waals surface area contributed by atoms with Crippen molar-refractivity contribution in [1.29, 1.82) is 0 Å². The first-order valence-corrected chi connectivity index (χ1v) is 7.11. The van der Waals surface area contributed by atoms with Crippen LogP contribution < -0.4 is 10.1 Å². The summed E-state index contributed by atoms with van der Waals surface area (Å²) in [7, 11) is 1.60. The molecular formula is C17H16N4O2. The van der Waals surface area contributed by atoms with Crippen molar-refractivity contribution >= 4 is 11.6 Å². The molecule has 1 aromatic carbocycles. The molecule has 0 radical (unpaired) electrons. The minimum Gasteiger partial charge on any atom is -0.496 e. The second-order valence-electron chi connectivity index (χ2n) is 4.96. The van der Waals surface area contributed by atoms with E-state index >= 15 is 0 Å². The number of aromatic nitrogens is 3. The quantitative estimate of drug-likeness (QED) is 0.776. The Morgan fingerprint density at radius 1 is 1.22 bits per heavy atom. The zero-order chi connectivity index (χ0) is 16.2. The third-order valence-corrected chi connectivity index (χ3v) is 3.46. The van der Waals surface area contributed by atoms with Gasteiger partial charge >= 0.3 is 0 Å². The smallest absolute Gasteiger partial charge is 0.273 e. The molecule has 0 aliphatic heterocycles. The van der Waals surface area contributed by atoms with E-state index in [4.69, 9.17) is 4.74 Å². The van der Waals surface area contributed by atoms with Crippen molar-refractivity contribution in [3.05, 3.63) is 60.0 Å². The third-order valence-electron chi connectivity index (χ3n) is 3.46. The largest absolute Gasteiger partial charge is 0.496 e. The van der Waals surface area contributed by atoms with E-state index in [0.717, 1.165) is 11.3 Å². The number of nitrogens with zero attached hydrogens (tertiary/aromatic N) is 2. The van der Waals surface area contributed by atoms with E-state index in [9.17, 15) is 4.79 Å². The summed E-state index contributed by atoms with van der Waals surface area (Å²) in [5.74, 6) is 0.434. The lowest BCUT2D eigenvalue weighted by Gasteiger charge is -2.05.